The molecular formula is C13H19N3. The molecule has 2 aliphatic heterocycles. The van der Waals surface area contributed by atoms with E-state index in [1.54, 1.807) is 0 Å². The van der Waals surface area contributed by atoms with Crippen molar-refractivity contribution in [3.05, 3.63) is 24.0 Å². The molecule has 3 nitrogen and oxygen atoms in total. The number of aromatic nitrogens is 1. The summed E-state index contributed by atoms with van der Waals surface area (Å²) < 4.78 is 0. The minimum absolute atomic E-state index is 0.712. The van der Waals surface area contributed by atoms with Crippen molar-refractivity contribution in [2.24, 2.45) is 5.92 Å². The number of aryl methyl sites for hydroxylation is 1. The van der Waals surface area contributed by atoms with E-state index in [9.17, 15) is 0 Å². The van der Waals surface area contributed by atoms with Crippen molar-refractivity contribution in [2.75, 3.05) is 24.5 Å². The highest BCUT2D eigenvalue weighted by atomic mass is 15.2. The Hall–Kier alpha value is -1.09. The van der Waals surface area contributed by atoms with E-state index in [1.165, 1.54) is 31.6 Å². The monoisotopic (exact) mass is 217 g/mol. The zero-order valence-electron chi connectivity index (χ0n) is 9.82. The first-order valence-electron chi connectivity index (χ1n) is 6.24. The Kier molecular flexibility index (Phi) is 2.56. The van der Waals surface area contributed by atoms with Crippen LogP contribution in [-0.2, 0) is 0 Å². The van der Waals surface area contributed by atoms with Gasteiger partial charge in [0.15, 0.2) is 0 Å². The van der Waals surface area contributed by atoms with Gasteiger partial charge < -0.3 is 10.2 Å². The first-order chi connectivity index (χ1) is 7.83. The van der Waals surface area contributed by atoms with Gasteiger partial charge >= 0.3 is 0 Å². The van der Waals surface area contributed by atoms with Gasteiger partial charge in [0.05, 0.1) is 11.9 Å². The molecule has 1 N–H and O–H groups in total. The highest BCUT2D eigenvalue weighted by Crippen LogP contribution is 2.26. The molecule has 2 saturated heterocycles. The fraction of sp³-hybridized carbons (Fsp3) is 0.615. The van der Waals surface area contributed by atoms with Gasteiger partial charge in [-0.2, -0.15) is 0 Å². The van der Waals surface area contributed by atoms with Crippen molar-refractivity contribution in [1.82, 2.24) is 10.3 Å². The van der Waals surface area contributed by atoms with Crippen molar-refractivity contribution >= 4 is 5.69 Å². The second-order valence-corrected chi connectivity index (χ2v) is 5.02. The van der Waals surface area contributed by atoms with Crippen LogP contribution in [0.15, 0.2) is 18.3 Å². The molecule has 16 heavy (non-hydrogen) atoms. The Labute approximate surface area is 96.9 Å². The van der Waals surface area contributed by atoms with Crippen LogP contribution in [0, 0.1) is 12.8 Å². The Morgan fingerprint density at radius 2 is 2.38 bits per heavy atom. The third-order valence-electron chi connectivity index (χ3n) is 3.89. The summed E-state index contributed by atoms with van der Waals surface area (Å²) in [6.45, 7) is 5.59. The standard InChI is InChI=1S/C13H19N3/c1-10-4-5-12(8-14-10)16-6-2-3-11-7-15-13(11)9-16/h4-5,8,11,13,15H,2-3,6-7,9H2,1H3. The maximum Gasteiger partial charge on any atom is 0.0553 e. The van der Waals surface area contributed by atoms with Crippen LogP contribution in [0.25, 0.3) is 0 Å². The molecule has 1 aromatic rings. The van der Waals surface area contributed by atoms with Gasteiger partial charge in [-0.05, 0) is 44.4 Å². The number of nitrogens with one attached hydrogen (secondary N) is 1. The molecular weight excluding hydrogens is 198 g/mol. The number of rotatable bonds is 1. The second-order valence-electron chi connectivity index (χ2n) is 5.02. The largest absolute Gasteiger partial charge is 0.369 e. The Balaban J connectivity index is 1.75. The molecule has 3 rings (SSSR count). The van der Waals surface area contributed by atoms with E-state index in [4.69, 9.17) is 0 Å². The average molecular weight is 217 g/mol. The van der Waals surface area contributed by atoms with Crippen LogP contribution in [0.1, 0.15) is 18.5 Å². The number of anilines is 1. The van der Waals surface area contributed by atoms with Gasteiger partial charge in [0.1, 0.15) is 0 Å². The summed E-state index contributed by atoms with van der Waals surface area (Å²) >= 11 is 0. The molecule has 0 aliphatic carbocycles. The molecule has 2 atom stereocenters. The molecule has 2 unspecified atom stereocenters. The number of fused-ring (bicyclic) bond motifs is 1. The summed E-state index contributed by atoms with van der Waals surface area (Å²) in [5.74, 6) is 0.920. The summed E-state index contributed by atoms with van der Waals surface area (Å²) in [6, 6.07) is 5.01. The number of nitrogens with zero attached hydrogens (tertiary/aromatic N) is 2. The third-order valence-corrected chi connectivity index (χ3v) is 3.89. The molecule has 0 amide bonds. The molecule has 0 aromatic carbocycles. The highest BCUT2D eigenvalue weighted by molar-refractivity contribution is 5.45. The summed E-state index contributed by atoms with van der Waals surface area (Å²) in [5.41, 5.74) is 2.37. The fourth-order valence-corrected chi connectivity index (χ4v) is 2.72. The maximum atomic E-state index is 4.38. The average Bonchev–Trinajstić information content (AvgIpc) is 2.41. The van der Waals surface area contributed by atoms with Crippen LogP contribution < -0.4 is 10.2 Å². The summed E-state index contributed by atoms with van der Waals surface area (Å²) in [4.78, 5) is 6.86. The minimum atomic E-state index is 0.712. The zero-order valence-corrected chi connectivity index (χ0v) is 9.82. The Morgan fingerprint density at radius 1 is 1.44 bits per heavy atom. The molecule has 86 valence electrons. The van der Waals surface area contributed by atoms with Gasteiger partial charge in [-0.3, -0.25) is 4.98 Å². The van der Waals surface area contributed by atoms with Crippen molar-refractivity contribution in [3.63, 3.8) is 0 Å². The lowest BCUT2D eigenvalue weighted by molar-refractivity contribution is 0.234. The van der Waals surface area contributed by atoms with E-state index in [1.807, 2.05) is 13.1 Å². The van der Waals surface area contributed by atoms with Crippen molar-refractivity contribution < 1.29 is 0 Å². The predicted octanol–water partition coefficient (Wildman–Crippen LogP) is 1.58. The molecule has 0 saturated carbocycles. The lowest BCUT2D eigenvalue weighted by Crippen LogP contribution is -2.56. The maximum absolute atomic E-state index is 4.38. The van der Waals surface area contributed by atoms with E-state index in [2.05, 4.69) is 27.3 Å². The molecule has 3 heteroatoms. The van der Waals surface area contributed by atoms with E-state index >= 15 is 0 Å². The predicted molar refractivity (Wildman–Crippen MR) is 65.7 cm³/mol. The molecule has 0 spiro atoms. The van der Waals surface area contributed by atoms with Gasteiger partial charge in [0.2, 0.25) is 0 Å². The molecule has 0 bridgehead atoms. The smallest absolute Gasteiger partial charge is 0.0553 e. The topological polar surface area (TPSA) is 28.2 Å². The normalized spacial score (nSPS) is 29.2. The second kappa shape index (κ2) is 4.06. The van der Waals surface area contributed by atoms with Gasteiger partial charge in [-0.25, -0.2) is 0 Å². The quantitative estimate of drug-likeness (QED) is 0.774. The van der Waals surface area contributed by atoms with E-state index in [0.717, 1.165) is 18.2 Å². The first kappa shape index (κ1) is 10.1. The van der Waals surface area contributed by atoms with Gasteiger partial charge in [-0.1, -0.05) is 0 Å². The minimum Gasteiger partial charge on any atom is -0.369 e. The van der Waals surface area contributed by atoms with Crippen LogP contribution in [0.4, 0.5) is 5.69 Å². The van der Waals surface area contributed by atoms with Crippen molar-refractivity contribution in [3.8, 4) is 0 Å². The van der Waals surface area contributed by atoms with Crippen molar-refractivity contribution in [1.29, 1.82) is 0 Å². The zero-order chi connectivity index (χ0) is 11.0. The highest BCUT2D eigenvalue weighted by Gasteiger charge is 2.33. The van der Waals surface area contributed by atoms with Crippen LogP contribution >= 0.6 is 0 Å². The molecule has 3 heterocycles. The number of pyridine rings is 1. The Bertz CT molecular complexity index is 360. The molecule has 1 aromatic heterocycles. The molecule has 2 aliphatic rings. The molecule has 2 fully saturated rings. The molecule has 0 radical (unpaired) electrons. The summed E-state index contributed by atoms with van der Waals surface area (Å²) in [5, 5.41) is 3.54. The lowest BCUT2D eigenvalue weighted by atomic mass is 9.89. The SMILES string of the molecule is Cc1ccc(N2CCCC3CNC3C2)cn1. The summed E-state index contributed by atoms with van der Waals surface area (Å²) in [7, 11) is 0. The lowest BCUT2D eigenvalue weighted by Gasteiger charge is -2.38. The third kappa shape index (κ3) is 1.80. The van der Waals surface area contributed by atoms with Gasteiger partial charge in [0.25, 0.3) is 0 Å². The van der Waals surface area contributed by atoms with Crippen LogP contribution in [0.5, 0.6) is 0 Å². The van der Waals surface area contributed by atoms with Crippen LogP contribution in [0.2, 0.25) is 0 Å². The summed E-state index contributed by atoms with van der Waals surface area (Å²) in [6.07, 6.45) is 4.71. The van der Waals surface area contributed by atoms with E-state index in [-0.39, 0.29) is 0 Å². The van der Waals surface area contributed by atoms with Crippen LogP contribution in [0.3, 0.4) is 0 Å². The Morgan fingerprint density at radius 3 is 3.06 bits per heavy atom. The van der Waals surface area contributed by atoms with Crippen LogP contribution in [-0.4, -0.2) is 30.7 Å². The van der Waals surface area contributed by atoms with Gasteiger partial charge in [-0.15, -0.1) is 0 Å². The number of hydrogen-bond donors (Lipinski definition) is 1. The first-order valence-corrected chi connectivity index (χ1v) is 6.24. The number of hydrogen-bond acceptors (Lipinski definition) is 3. The van der Waals surface area contributed by atoms with E-state index < -0.39 is 0 Å². The van der Waals surface area contributed by atoms with Gasteiger partial charge in [0, 0.05) is 24.8 Å². The van der Waals surface area contributed by atoms with E-state index in [0.29, 0.717) is 6.04 Å². The van der Waals surface area contributed by atoms with Crippen molar-refractivity contribution in [2.45, 2.75) is 25.8 Å². The fourth-order valence-electron chi connectivity index (χ4n) is 2.72.